The lowest BCUT2D eigenvalue weighted by Gasteiger charge is -2.30. The Morgan fingerprint density at radius 1 is 1.57 bits per heavy atom. The monoisotopic (exact) mass is 210 g/mol. The van der Waals surface area contributed by atoms with E-state index in [1.807, 2.05) is 0 Å². The molecule has 0 amide bonds. The molecule has 0 aliphatic carbocycles. The molecule has 2 aliphatic rings. The van der Waals surface area contributed by atoms with Gasteiger partial charge in [0, 0.05) is 29.8 Å². The van der Waals surface area contributed by atoms with Gasteiger partial charge in [0.05, 0.1) is 5.69 Å². The summed E-state index contributed by atoms with van der Waals surface area (Å²) in [6, 6.07) is 1.21. The second kappa shape index (κ2) is 3.00. The number of thiol groups is 1. The van der Waals surface area contributed by atoms with Gasteiger partial charge in [0.15, 0.2) is 0 Å². The minimum atomic E-state index is 0.539. The molecule has 1 fully saturated rings. The number of hydrogen-bond donors (Lipinski definition) is 1. The second-order valence-corrected chi connectivity index (χ2v) is 4.56. The molecule has 3 rings (SSSR count). The summed E-state index contributed by atoms with van der Waals surface area (Å²) in [6.07, 6.45) is 3.57. The Morgan fingerprint density at radius 2 is 2.43 bits per heavy atom. The molecule has 0 aromatic carbocycles. The summed E-state index contributed by atoms with van der Waals surface area (Å²) >= 11 is 4.29. The van der Waals surface area contributed by atoms with Crippen LogP contribution in [0.15, 0.2) is 4.52 Å². The first-order valence-corrected chi connectivity index (χ1v) is 5.74. The molecule has 1 aromatic rings. The molecule has 0 spiro atoms. The highest BCUT2D eigenvalue weighted by molar-refractivity contribution is 7.79. The van der Waals surface area contributed by atoms with Crippen LogP contribution in [0.3, 0.4) is 0 Å². The molecule has 1 saturated heterocycles. The van der Waals surface area contributed by atoms with Crippen LogP contribution in [0.4, 0.5) is 0 Å². The number of fused-ring (bicyclic) bond motifs is 4. The molecular formula is C10H14N2OS. The highest BCUT2D eigenvalue weighted by Crippen LogP contribution is 2.44. The van der Waals surface area contributed by atoms with E-state index in [-0.39, 0.29) is 0 Å². The molecule has 76 valence electrons. The fourth-order valence-electron chi connectivity index (χ4n) is 2.83. The van der Waals surface area contributed by atoms with Gasteiger partial charge in [0.1, 0.15) is 5.76 Å². The zero-order valence-electron chi connectivity index (χ0n) is 8.23. The first-order chi connectivity index (χ1) is 6.81. The summed E-state index contributed by atoms with van der Waals surface area (Å²) in [4.78, 5) is 2.46. The molecule has 2 unspecified atom stereocenters. The average molecular weight is 210 g/mol. The summed E-state index contributed by atoms with van der Waals surface area (Å²) in [7, 11) is 2.21. The van der Waals surface area contributed by atoms with Gasteiger partial charge in [-0.05, 0) is 19.9 Å². The van der Waals surface area contributed by atoms with Gasteiger partial charge in [0.25, 0.3) is 0 Å². The molecule has 14 heavy (non-hydrogen) atoms. The largest absolute Gasteiger partial charge is 0.361 e. The molecule has 4 heteroatoms. The summed E-state index contributed by atoms with van der Waals surface area (Å²) in [5.41, 5.74) is 2.37. The van der Waals surface area contributed by atoms with E-state index in [1.165, 1.54) is 18.4 Å². The Kier molecular flexibility index (Phi) is 1.89. The van der Waals surface area contributed by atoms with Crippen LogP contribution in [-0.2, 0) is 12.2 Å². The fourth-order valence-corrected chi connectivity index (χ4v) is 3.06. The molecule has 2 bridgehead atoms. The van der Waals surface area contributed by atoms with Gasteiger partial charge in [-0.15, -0.1) is 0 Å². The molecule has 3 nitrogen and oxygen atoms in total. The Labute approximate surface area is 88.9 Å². The third kappa shape index (κ3) is 1.01. The lowest BCUT2D eigenvalue weighted by atomic mass is 9.99. The highest BCUT2D eigenvalue weighted by atomic mass is 32.1. The Morgan fingerprint density at radius 3 is 3.21 bits per heavy atom. The summed E-state index contributed by atoms with van der Waals surface area (Å²) in [5, 5.41) is 4.09. The zero-order chi connectivity index (χ0) is 9.71. The minimum absolute atomic E-state index is 0.539. The van der Waals surface area contributed by atoms with Crippen LogP contribution >= 0.6 is 12.6 Å². The van der Waals surface area contributed by atoms with Crippen molar-refractivity contribution in [3.8, 4) is 0 Å². The Balaban J connectivity index is 2.10. The average Bonchev–Trinajstić information content (AvgIpc) is 2.68. The van der Waals surface area contributed by atoms with Gasteiger partial charge >= 0.3 is 0 Å². The third-order valence-electron chi connectivity index (χ3n) is 3.62. The predicted molar refractivity (Wildman–Crippen MR) is 56.4 cm³/mol. The van der Waals surface area contributed by atoms with Crippen molar-refractivity contribution in [3.63, 3.8) is 0 Å². The molecule has 0 N–H and O–H groups in total. The lowest BCUT2D eigenvalue weighted by Crippen LogP contribution is -2.33. The van der Waals surface area contributed by atoms with Crippen LogP contribution in [0.2, 0.25) is 0 Å². The quantitative estimate of drug-likeness (QED) is 0.717. The van der Waals surface area contributed by atoms with Gasteiger partial charge in [-0.2, -0.15) is 12.6 Å². The normalized spacial score (nSPS) is 30.7. The molecule has 0 saturated carbocycles. The van der Waals surface area contributed by atoms with E-state index >= 15 is 0 Å². The first-order valence-electron chi connectivity index (χ1n) is 5.11. The van der Waals surface area contributed by atoms with Gasteiger partial charge in [-0.3, -0.25) is 4.90 Å². The number of aromatic nitrogens is 1. The van der Waals surface area contributed by atoms with Crippen molar-refractivity contribution >= 4 is 12.6 Å². The van der Waals surface area contributed by atoms with E-state index in [0.29, 0.717) is 17.8 Å². The van der Waals surface area contributed by atoms with E-state index in [9.17, 15) is 0 Å². The minimum Gasteiger partial charge on any atom is -0.361 e. The van der Waals surface area contributed by atoms with E-state index in [0.717, 1.165) is 17.9 Å². The summed E-state index contributed by atoms with van der Waals surface area (Å²) in [6.45, 7) is 0. The van der Waals surface area contributed by atoms with Gasteiger partial charge in [-0.1, -0.05) is 5.16 Å². The second-order valence-electron chi connectivity index (χ2n) is 4.24. The van der Waals surface area contributed by atoms with Crippen molar-refractivity contribution in [1.29, 1.82) is 0 Å². The smallest absolute Gasteiger partial charge is 0.143 e. The van der Waals surface area contributed by atoms with Crippen LogP contribution in [0, 0.1) is 0 Å². The van der Waals surface area contributed by atoms with Crippen LogP contribution < -0.4 is 0 Å². The van der Waals surface area contributed by atoms with E-state index in [2.05, 4.69) is 29.7 Å². The number of rotatable bonds is 1. The Bertz CT molecular complexity index is 363. The zero-order valence-corrected chi connectivity index (χ0v) is 9.13. The van der Waals surface area contributed by atoms with Crippen molar-refractivity contribution < 1.29 is 4.52 Å². The fraction of sp³-hybridized carbons (Fsp3) is 0.700. The van der Waals surface area contributed by atoms with Crippen LogP contribution in [0.5, 0.6) is 0 Å². The van der Waals surface area contributed by atoms with Gasteiger partial charge in [0.2, 0.25) is 0 Å². The van der Waals surface area contributed by atoms with E-state index in [1.54, 1.807) is 0 Å². The number of likely N-dealkylation sites (N-methyl/N-ethyl adjacent to an activating group) is 1. The predicted octanol–water partition coefficient (Wildman–Crippen LogP) is 1.80. The molecule has 1 aromatic heterocycles. The van der Waals surface area contributed by atoms with Crippen molar-refractivity contribution in [3.05, 3.63) is 17.0 Å². The van der Waals surface area contributed by atoms with Crippen molar-refractivity contribution in [2.45, 2.75) is 37.1 Å². The molecule has 2 atom stereocenters. The van der Waals surface area contributed by atoms with Crippen molar-refractivity contribution in [1.82, 2.24) is 10.1 Å². The lowest BCUT2D eigenvalue weighted by molar-refractivity contribution is 0.206. The molecule has 3 heterocycles. The maximum absolute atomic E-state index is 5.38. The summed E-state index contributed by atoms with van der Waals surface area (Å²) in [5.74, 6) is 1.80. The molecule has 0 radical (unpaired) electrons. The standard InChI is InChI=1S/C10H14N2OS/c1-12-6-2-3-8(12)10-7(5-14)11-13-9(10)4-6/h6,8,14H,2-5H2,1H3. The van der Waals surface area contributed by atoms with Gasteiger partial charge in [-0.25, -0.2) is 0 Å². The maximum Gasteiger partial charge on any atom is 0.143 e. The van der Waals surface area contributed by atoms with Crippen molar-refractivity contribution in [2.24, 2.45) is 0 Å². The van der Waals surface area contributed by atoms with Crippen molar-refractivity contribution in [2.75, 3.05) is 7.05 Å². The topological polar surface area (TPSA) is 29.3 Å². The Hall–Kier alpha value is -0.480. The third-order valence-corrected chi connectivity index (χ3v) is 3.92. The maximum atomic E-state index is 5.38. The molecular weight excluding hydrogens is 196 g/mol. The molecule has 2 aliphatic heterocycles. The number of nitrogens with zero attached hydrogens (tertiary/aromatic N) is 2. The van der Waals surface area contributed by atoms with Crippen LogP contribution in [0.25, 0.3) is 0 Å². The summed E-state index contributed by atoms with van der Waals surface area (Å²) < 4.78 is 5.38. The highest BCUT2D eigenvalue weighted by Gasteiger charge is 2.41. The van der Waals surface area contributed by atoms with Crippen LogP contribution in [-0.4, -0.2) is 23.1 Å². The van der Waals surface area contributed by atoms with Crippen LogP contribution in [0.1, 0.15) is 35.9 Å². The first kappa shape index (κ1) is 8.80. The SMILES string of the molecule is CN1C2CCC1c1c(CS)noc1C2. The van der Waals surface area contributed by atoms with E-state index < -0.39 is 0 Å². The van der Waals surface area contributed by atoms with E-state index in [4.69, 9.17) is 4.52 Å². The van der Waals surface area contributed by atoms with Gasteiger partial charge < -0.3 is 4.52 Å². The number of hydrogen-bond acceptors (Lipinski definition) is 4.